The minimum absolute atomic E-state index is 0.216. The van der Waals surface area contributed by atoms with Gasteiger partial charge in [0.15, 0.2) is 6.10 Å². The van der Waals surface area contributed by atoms with Crippen LogP contribution in [0.15, 0.2) is 72.9 Å². The van der Waals surface area contributed by atoms with Crippen molar-refractivity contribution >= 4 is 39.2 Å². The van der Waals surface area contributed by atoms with Gasteiger partial charge in [-0.05, 0) is 36.4 Å². The number of aryl methyl sites for hydroxylation is 1. The van der Waals surface area contributed by atoms with Gasteiger partial charge in [0, 0.05) is 34.6 Å². The van der Waals surface area contributed by atoms with Crippen LogP contribution in [0.4, 0.5) is 5.69 Å². The standard InChI is InChI=1S/C24H22N2O3/c1-16(24(28)26-22-12-6-8-17-7-2-3-9-19(17)22)29-23(27)14-13-18-15-25-21-11-5-4-10-20(18)21/h2-12,15-16,25H,13-14H2,1H3,(H,26,28)/t16-/m1/s1. The molecule has 146 valence electrons. The van der Waals surface area contributed by atoms with Crippen molar-refractivity contribution < 1.29 is 14.3 Å². The third-order valence-electron chi connectivity index (χ3n) is 5.00. The molecule has 0 unspecified atom stereocenters. The van der Waals surface area contributed by atoms with Crippen LogP contribution in [-0.4, -0.2) is 23.0 Å². The Hall–Kier alpha value is -3.60. The van der Waals surface area contributed by atoms with Gasteiger partial charge in [-0.3, -0.25) is 9.59 Å². The molecule has 2 N–H and O–H groups in total. The van der Waals surface area contributed by atoms with Crippen LogP contribution in [0.5, 0.6) is 0 Å². The van der Waals surface area contributed by atoms with E-state index in [4.69, 9.17) is 4.74 Å². The number of benzene rings is 3. The maximum atomic E-state index is 12.5. The number of anilines is 1. The third-order valence-corrected chi connectivity index (χ3v) is 5.00. The number of rotatable bonds is 6. The van der Waals surface area contributed by atoms with E-state index in [2.05, 4.69) is 10.3 Å². The zero-order chi connectivity index (χ0) is 20.2. The second kappa shape index (κ2) is 8.19. The van der Waals surface area contributed by atoms with E-state index in [1.807, 2.05) is 72.9 Å². The van der Waals surface area contributed by atoms with Gasteiger partial charge >= 0.3 is 5.97 Å². The van der Waals surface area contributed by atoms with Gasteiger partial charge in [0.1, 0.15) is 0 Å². The van der Waals surface area contributed by atoms with Gasteiger partial charge in [-0.15, -0.1) is 0 Å². The van der Waals surface area contributed by atoms with Gasteiger partial charge in [-0.2, -0.15) is 0 Å². The van der Waals surface area contributed by atoms with E-state index >= 15 is 0 Å². The maximum Gasteiger partial charge on any atom is 0.306 e. The van der Waals surface area contributed by atoms with Gasteiger partial charge < -0.3 is 15.0 Å². The van der Waals surface area contributed by atoms with Crippen molar-refractivity contribution in [2.45, 2.75) is 25.9 Å². The van der Waals surface area contributed by atoms with Gasteiger partial charge in [-0.1, -0.05) is 54.6 Å². The topological polar surface area (TPSA) is 71.2 Å². The van der Waals surface area contributed by atoms with Crippen molar-refractivity contribution in [3.63, 3.8) is 0 Å². The number of hydrogen-bond donors (Lipinski definition) is 2. The number of aromatic nitrogens is 1. The van der Waals surface area contributed by atoms with E-state index in [0.717, 1.165) is 27.2 Å². The normalized spacial score (nSPS) is 12.0. The Morgan fingerprint density at radius 1 is 0.966 bits per heavy atom. The number of carbonyl (C=O) groups excluding carboxylic acids is 2. The molecule has 0 aliphatic carbocycles. The molecule has 1 heterocycles. The van der Waals surface area contributed by atoms with Gasteiger partial charge in [0.25, 0.3) is 5.91 Å². The van der Waals surface area contributed by atoms with Crippen molar-refractivity contribution in [3.05, 3.63) is 78.5 Å². The smallest absolute Gasteiger partial charge is 0.306 e. The SMILES string of the molecule is C[C@@H](OC(=O)CCc1c[nH]c2ccccc12)C(=O)Nc1cccc2ccccc12. The predicted molar refractivity (Wildman–Crippen MR) is 115 cm³/mol. The summed E-state index contributed by atoms with van der Waals surface area (Å²) >= 11 is 0. The van der Waals surface area contributed by atoms with E-state index in [1.54, 1.807) is 6.92 Å². The highest BCUT2D eigenvalue weighted by Gasteiger charge is 2.19. The minimum atomic E-state index is -0.871. The number of hydrogen-bond acceptors (Lipinski definition) is 3. The fraction of sp³-hybridized carbons (Fsp3) is 0.167. The summed E-state index contributed by atoms with van der Waals surface area (Å²) in [6.45, 7) is 1.59. The number of amides is 1. The number of H-pyrrole nitrogens is 1. The molecule has 0 aliphatic rings. The lowest BCUT2D eigenvalue weighted by atomic mass is 10.1. The largest absolute Gasteiger partial charge is 0.453 e. The molecule has 4 aromatic rings. The molecule has 0 saturated heterocycles. The minimum Gasteiger partial charge on any atom is -0.453 e. The summed E-state index contributed by atoms with van der Waals surface area (Å²) in [7, 11) is 0. The Balaban J connectivity index is 1.35. The van der Waals surface area contributed by atoms with E-state index in [1.165, 1.54) is 0 Å². The molecular weight excluding hydrogens is 364 g/mol. The lowest BCUT2D eigenvalue weighted by molar-refractivity contribution is -0.153. The Labute approximate surface area is 168 Å². The Morgan fingerprint density at radius 2 is 1.69 bits per heavy atom. The van der Waals surface area contributed by atoms with Crippen LogP contribution >= 0.6 is 0 Å². The quantitative estimate of drug-likeness (QED) is 0.467. The van der Waals surface area contributed by atoms with E-state index < -0.39 is 12.1 Å². The molecule has 0 bridgehead atoms. The first-order chi connectivity index (χ1) is 14.1. The number of ether oxygens (including phenoxy) is 1. The van der Waals surface area contributed by atoms with Crippen molar-refractivity contribution in [3.8, 4) is 0 Å². The summed E-state index contributed by atoms with van der Waals surface area (Å²) in [5.74, 6) is -0.738. The molecule has 0 aliphatic heterocycles. The number of fused-ring (bicyclic) bond motifs is 2. The molecule has 1 aromatic heterocycles. The van der Waals surface area contributed by atoms with Crippen molar-refractivity contribution in [1.29, 1.82) is 0 Å². The van der Waals surface area contributed by atoms with Crippen molar-refractivity contribution in [1.82, 2.24) is 4.98 Å². The zero-order valence-corrected chi connectivity index (χ0v) is 16.1. The summed E-state index contributed by atoms with van der Waals surface area (Å²) in [6.07, 6.45) is 1.81. The Bertz CT molecular complexity index is 1170. The number of esters is 1. The first-order valence-electron chi connectivity index (χ1n) is 9.65. The molecule has 1 amide bonds. The van der Waals surface area contributed by atoms with Gasteiger partial charge in [0.2, 0.25) is 0 Å². The highest BCUT2D eigenvalue weighted by Crippen LogP contribution is 2.23. The number of aromatic amines is 1. The first kappa shape index (κ1) is 18.7. The lowest BCUT2D eigenvalue weighted by Gasteiger charge is -2.14. The molecule has 0 saturated carbocycles. The number of carbonyl (C=O) groups is 2. The molecule has 3 aromatic carbocycles. The average Bonchev–Trinajstić information content (AvgIpc) is 3.15. The molecule has 5 nitrogen and oxygen atoms in total. The average molecular weight is 386 g/mol. The fourth-order valence-electron chi connectivity index (χ4n) is 3.45. The predicted octanol–water partition coefficient (Wildman–Crippen LogP) is 4.82. The van der Waals surface area contributed by atoms with Crippen LogP contribution in [0, 0.1) is 0 Å². The molecule has 0 radical (unpaired) electrons. The van der Waals surface area contributed by atoms with Crippen LogP contribution < -0.4 is 5.32 Å². The first-order valence-corrected chi connectivity index (χ1v) is 9.65. The molecule has 5 heteroatoms. The third kappa shape index (κ3) is 4.14. The van der Waals surface area contributed by atoms with Crippen LogP contribution in [0.25, 0.3) is 21.7 Å². The van der Waals surface area contributed by atoms with E-state index in [0.29, 0.717) is 12.1 Å². The molecule has 29 heavy (non-hydrogen) atoms. The summed E-state index contributed by atoms with van der Waals surface area (Å²) < 4.78 is 5.35. The molecule has 0 spiro atoms. The lowest BCUT2D eigenvalue weighted by Crippen LogP contribution is -2.30. The van der Waals surface area contributed by atoms with E-state index in [-0.39, 0.29) is 12.3 Å². The summed E-state index contributed by atoms with van der Waals surface area (Å²) in [5.41, 5.74) is 2.80. The van der Waals surface area contributed by atoms with Crippen molar-refractivity contribution in [2.24, 2.45) is 0 Å². The monoisotopic (exact) mass is 386 g/mol. The van der Waals surface area contributed by atoms with Crippen LogP contribution in [-0.2, 0) is 20.7 Å². The van der Waals surface area contributed by atoms with E-state index in [9.17, 15) is 9.59 Å². The van der Waals surface area contributed by atoms with Gasteiger partial charge in [0.05, 0.1) is 0 Å². The highest BCUT2D eigenvalue weighted by molar-refractivity contribution is 6.03. The highest BCUT2D eigenvalue weighted by atomic mass is 16.5. The number of nitrogens with one attached hydrogen (secondary N) is 2. The fourth-order valence-corrected chi connectivity index (χ4v) is 3.45. The Morgan fingerprint density at radius 3 is 2.55 bits per heavy atom. The molecule has 4 rings (SSSR count). The Kier molecular flexibility index (Phi) is 5.29. The van der Waals surface area contributed by atoms with Crippen LogP contribution in [0.1, 0.15) is 18.9 Å². The second-order valence-electron chi connectivity index (χ2n) is 7.01. The second-order valence-corrected chi connectivity index (χ2v) is 7.01. The maximum absolute atomic E-state index is 12.5. The summed E-state index contributed by atoms with van der Waals surface area (Å²) in [6, 6.07) is 21.5. The summed E-state index contributed by atoms with van der Waals surface area (Å²) in [5, 5.41) is 5.94. The molecule has 1 atom stereocenters. The number of para-hydroxylation sites is 1. The van der Waals surface area contributed by atoms with Crippen molar-refractivity contribution in [2.75, 3.05) is 5.32 Å². The molecular formula is C24H22N2O3. The molecule has 0 fully saturated rings. The zero-order valence-electron chi connectivity index (χ0n) is 16.1. The summed E-state index contributed by atoms with van der Waals surface area (Å²) in [4.78, 5) is 27.9. The van der Waals surface area contributed by atoms with Gasteiger partial charge in [-0.25, -0.2) is 0 Å². The van der Waals surface area contributed by atoms with Crippen LogP contribution in [0.2, 0.25) is 0 Å². The van der Waals surface area contributed by atoms with Crippen LogP contribution in [0.3, 0.4) is 0 Å².